The SMILES string of the molecule is CCOC(=O)[C@H]1CCCN(C(=O)Cc2c(C)n[nH]c2C)C1. The minimum absolute atomic E-state index is 0.0524. The molecule has 2 heterocycles. The molecule has 1 aliphatic rings. The van der Waals surface area contributed by atoms with Gasteiger partial charge in [-0.2, -0.15) is 5.10 Å². The Morgan fingerprint density at radius 2 is 2.19 bits per heavy atom. The maximum atomic E-state index is 12.4. The first-order valence-corrected chi connectivity index (χ1v) is 7.47. The number of aromatic amines is 1. The molecule has 1 saturated heterocycles. The molecule has 1 fully saturated rings. The summed E-state index contributed by atoms with van der Waals surface area (Å²) in [5.41, 5.74) is 2.75. The van der Waals surface area contributed by atoms with Gasteiger partial charge < -0.3 is 9.64 Å². The smallest absolute Gasteiger partial charge is 0.310 e. The number of likely N-dealkylation sites (tertiary alicyclic amines) is 1. The van der Waals surface area contributed by atoms with Gasteiger partial charge in [0, 0.05) is 24.3 Å². The van der Waals surface area contributed by atoms with Crippen molar-refractivity contribution in [2.24, 2.45) is 5.92 Å². The normalized spacial score (nSPS) is 18.6. The molecule has 0 aromatic carbocycles. The van der Waals surface area contributed by atoms with Crippen molar-refractivity contribution < 1.29 is 14.3 Å². The Morgan fingerprint density at radius 3 is 2.81 bits per heavy atom. The molecule has 1 aliphatic heterocycles. The molecule has 1 N–H and O–H groups in total. The first-order chi connectivity index (χ1) is 10.0. The van der Waals surface area contributed by atoms with E-state index in [1.807, 2.05) is 13.8 Å². The molecule has 0 unspecified atom stereocenters. The largest absolute Gasteiger partial charge is 0.466 e. The molecule has 1 amide bonds. The Balaban J connectivity index is 1.98. The zero-order valence-corrected chi connectivity index (χ0v) is 12.9. The standard InChI is InChI=1S/C15H23N3O3/c1-4-21-15(20)12-6-5-7-18(9-12)14(19)8-13-10(2)16-17-11(13)3/h12H,4-9H2,1-3H3,(H,16,17)/t12-/m0/s1. The number of H-pyrrole nitrogens is 1. The Morgan fingerprint density at radius 1 is 1.43 bits per heavy atom. The molecule has 1 aromatic rings. The topological polar surface area (TPSA) is 75.3 Å². The van der Waals surface area contributed by atoms with Crippen LogP contribution in [0.25, 0.3) is 0 Å². The van der Waals surface area contributed by atoms with E-state index in [0.29, 0.717) is 26.1 Å². The molecule has 0 radical (unpaired) electrons. The number of nitrogens with zero attached hydrogens (tertiary/aromatic N) is 2. The quantitative estimate of drug-likeness (QED) is 0.851. The van der Waals surface area contributed by atoms with Crippen LogP contribution in [0.3, 0.4) is 0 Å². The van der Waals surface area contributed by atoms with E-state index < -0.39 is 0 Å². The Labute approximate surface area is 124 Å². The molecule has 1 atom stereocenters. The van der Waals surface area contributed by atoms with Crippen LogP contribution < -0.4 is 0 Å². The minimum atomic E-state index is -0.189. The summed E-state index contributed by atoms with van der Waals surface area (Å²) in [5.74, 6) is -0.323. The summed E-state index contributed by atoms with van der Waals surface area (Å²) < 4.78 is 5.06. The van der Waals surface area contributed by atoms with E-state index in [1.54, 1.807) is 11.8 Å². The van der Waals surface area contributed by atoms with Crippen LogP contribution in [0.1, 0.15) is 36.7 Å². The molecule has 0 saturated carbocycles. The molecular weight excluding hydrogens is 270 g/mol. The number of ether oxygens (including phenoxy) is 1. The van der Waals surface area contributed by atoms with Crippen molar-refractivity contribution in [2.45, 2.75) is 40.0 Å². The second-order valence-electron chi connectivity index (χ2n) is 5.52. The van der Waals surface area contributed by atoms with Crippen LogP contribution in [0.4, 0.5) is 0 Å². The zero-order valence-electron chi connectivity index (χ0n) is 12.9. The van der Waals surface area contributed by atoms with E-state index in [1.165, 1.54) is 0 Å². The van der Waals surface area contributed by atoms with Crippen LogP contribution in [-0.2, 0) is 20.7 Å². The first-order valence-electron chi connectivity index (χ1n) is 7.47. The maximum Gasteiger partial charge on any atom is 0.310 e. The number of aromatic nitrogens is 2. The van der Waals surface area contributed by atoms with E-state index in [2.05, 4.69) is 10.2 Å². The van der Waals surface area contributed by atoms with E-state index in [-0.39, 0.29) is 17.8 Å². The fourth-order valence-electron chi connectivity index (χ4n) is 2.75. The molecule has 2 rings (SSSR count). The van der Waals surface area contributed by atoms with Gasteiger partial charge in [0.2, 0.25) is 5.91 Å². The van der Waals surface area contributed by atoms with Crippen molar-refractivity contribution in [1.29, 1.82) is 0 Å². The van der Waals surface area contributed by atoms with Crippen LogP contribution in [0.2, 0.25) is 0 Å². The lowest BCUT2D eigenvalue weighted by Gasteiger charge is -2.31. The zero-order chi connectivity index (χ0) is 15.4. The van der Waals surface area contributed by atoms with Crippen molar-refractivity contribution in [3.8, 4) is 0 Å². The molecule has 1 aromatic heterocycles. The molecule has 21 heavy (non-hydrogen) atoms. The number of piperidine rings is 1. The molecule has 0 spiro atoms. The third-order valence-corrected chi connectivity index (χ3v) is 4.00. The third kappa shape index (κ3) is 3.62. The average Bonchev–Trinajstić information content (AvgIpc) is 2.79. The number of hydrogen-bond donors (Lipinski definition) is 1. The van der Waals surface area contributed by atoms with Crippen molar-refractivity contribution in [3.05, 3.63) is 17.0 Å². The molecule has 6 heteroatoms. The van der Waals surface area contributed by atoms with E-state index in [4.69, 9.17) is 4.74 Å². The van der Waals surface area contributed by atoms with Gasteiger partial charge in [0.1, 0.15) is 0 Å². The summed E-state index contributed by atoms with van der Waals surface area (Å²) in [5, 5.41) is 7.01. The highest BCUT2D eigenvalue weighted by Crippen LogP contribution is 2.20. The fourth-order valence-corrected chi connectivity index (χ4v) is 2.75. The number of aryl methyl sites for hydroxylation is 2. The van der Waals surface area contributed by atoms with Crippen LogP contribution in [0.15, 0.2) is 0 Å². The summed E-state index contributed by atoms with van der Waals surface area (Å²) >= 11 is 0. The number of amides is 1. The summed E-state index contributed by atoms with van der Waals surface area (Å²) in [6.45, 7) is 7.17. The Hall–Kier alpha value is -1.85. The van der Waals surface area contributed by atoms with Crippen LogP contribution in [0, 0.1) is 19.8 Å². The number of esters is 1. The predicted molar refractivity (Wildman–Crippen MR) is 77.7 cm³/mol. The third-order valence-electron chi connectivity index (χ3n) is 4.00. The van der Waals surface area contributed by atoms with Crippen molar-refractivity contribution in [1.82, 2.24) is 15.1 Å². The lowest BCUT2D eigenvalue weighted by molar-refractivity contribution is -0.151. The second kappa shape index (κ2) is 6.74. The van der Waals surface area contributed by atoms with Gasteiger partial charge in [-0.1, -0.05) is 0 Å². The molecular formula is C15H23N3O3. The monoisotopic (exact) mass is 293 g/mol. The van der Waals surface area contributed by atoms with Gasteiger partial charge in [-0.15, -0.1) is 0 Å². The van der Waals surface area contributed by atoms with E-state index in [0.717, 1.165) is 29.8 Å². The number of carbonyl (C=O) groups excluding carboxylic acids is 2. The van der Waals surface area contributed by atoms with Gasteiger partial charge in [-0.3, -0.25) is 14.7 Å². The number of nitrogens with one attached hydrogen (secondary N) is 1. The van der Waals surface area contributed by atoms with Crippen molar-refractivity contribution >= 4 is 11.9 Å². The molecule has 0 bridgehead atoms. The summed E-state index contributed by atoms with van der Waals surface area (Å²) in [7, 11) is 0. The van der Waals surface area contributed by atoms with Gasteiger partial charge in [0.25, 0.3) is 0 Å². The highest BCUT2D eigenvalue weighted by Gasteiger charge is 2.29. The van der Waals surface area contributed by atoms with Crippen LogP contribution in [-0.4, -0.2) is 46.7 Å². The minimum Gasteiger partial charge on any atom is -0.466 e. The van der Waals surface area contributed by atoms with Gasteiger partial charge in [0.15, 0.2) is 0 Å². The van der Waals surface area contributed by atoms with Crippen molar-refractivity contribution in [3.63, 3.8) is 0 Å². The van der Waals surface area contributed by atoms with E-state index >= 15 is 0 Å². The van der Waals surface area contributed by atoms with Crippen molar-refractivity contribution in [2.75, 3.05) is 19.7 Å². The van der Waals surface area contributed by atoms with E-state index in [9.17, 15) is 9.59 Å². The Bertz CT molecular complexity index is 505. The lowest BCUT2D eigenvalue weighted by Crippen LogP contribution is -2.43. The number of hydrogen-bond acceptors (Lipinski definition) is 4. The summed E-state index contributed by atoms with van der Waals surface area (Å²) in [6, 6.07) is 0. The predicted octanol–water partition coefficient (Wildman–Crippen LogP) is 1.37. The van der Waals surface area contributed by atoms with Gasteiger partial charge >= 0.3 is 5.97 Å². The highest BCUT2D eigenvalue weighted by molar-refractivity contribution is 5.80. The highest BCUT2D eigenvalue weighted by atomic mass is 16.5. The second-order valence-corrected chi connectivity index (χ2v) is 5.52. The number of rotatable bonds is 4. The fraction of sp³-hybridized carbons (Fsp3) is 0.667. The van der Waals surface area contributed by atoms with Gasteiger partial charge in [-0.25, -0.2) is 0 Å². The molecule has 6 nitrogen and oxygen atoms in total. The molecule has 116 valence electrons. The van der Waals surface area contributed by atoms with Crippen LogP contribution in [0.5, 0.6) is 0 Å². The summed E-state index contributed by atoms with van der Waals surface area (Å²) in [6.07, 6.45) is 1.98. The maximum absolute atomic E-state index is 12.4. The average molecular weight is 293 g/mol. The molecule has 0 aliphatic carbocycles. The Kier molecular flexibility index (Phi) is 4.98. The number of carbonyl (C=O) groups is 2. The lowest BCUT2D eigenvalue weighted by atomic mass is 9.97. The van der Waals surface area contributed by atoms with Gasteiger partial charge in [-0.05, 0) is 33.6 Å². The first kappa shape index (κ1) is 15.5. The van der Waals surface area contributed by atoms with Gasteiger partial charge in [0.05, 0.1) is 24.6 Å². The van der Waals surface area contributed by atoms with Crippen LogP contribution >= 0.6 is 0 Å². The summed E-state index contributed by atoms with van der Waals surface area (Å²) in [4.78, 5) is 26.0.